The van der Waals surface area contributed by atoms with Gasteiger partial charge in [0, 0.05) is 28.0 Å². The third-order valence-electron chi connectivity index (χ3n) is 4.72. The molecular weight excluding hydrogens is 282 g/mol. The summed E-state index contributed by atoms with van der Waals surface area (Å²) in [5.41, 5.74) is 3.05. The highest BCUT2D eigenvalue weighted by Crippen LogP contribution is 2.41. The molecule has 1 aliphatic heterocycles. The second-order valence-corrected chi connectivity index (χ2v) is 8.75. The van der Waals surface area contributed by atoms with Crippen LogP contribution in [-0.2, 0) is 0 Å². The quantitative estimate of drug-likeness (QED) is 0.882. The smallest absolute Gasteiger partial charge is 0.0448 e. The molecule has 1 aromatic rings. The zero-order valence-electron chi connectivity index (χ0n) is 12.5. The van der Waals surface area contributed by atoms with Crippen molar-refractivity contribution in [1.82, 2.24) is 5.32 Å². The van der Waals surface area contributed by atoms with Gasteiger partial charge in [-0.2, -0.15) is 23.5 Å². The van der Waals surface area contributed by atoms with Crippen LogP contribution in [0.2, 0.25) is 0 Å². The Labute approximate surface area is 131 Å². The first-order valence-corrected chi connectivity index (χ1v) is 9.89. The third kappa shape index (κ3) is 3.05. The van der Waals surface area contributed by atoms with E-state index in [0.29, 0.717) is 11.3 Å². The Morgan fingerprint density at radius 1 is 1.20 bits per heavy atom. The van der Waals surface area contributed by atoms with E-state index in [1.165, 1.54) is 36.3 Å². The maximum Gasteiger partial charge on any atom is 0.0448 e. The molecule has 1 heterocycles. The maximum absolute atomic E-state index is 3.59. The van der Waals surface area contributed by atoms with E-state index in [9.17, 15) is 0 Å². The van der Waals surface area contributed by atoms with Gasteiger partial charge >= 0.3 is 0 Å². The highest BCUT2D eigenvalue weighted by Gasteiger charge is 2.31. The molecule has 0 aromatic heterocycles. The lowest BCUT2D eigenvalue weighted by atomic mass is 9.79. The van der Waals surface area contributed by atoms with Crippen molar-refractivity contribution in [2.75, 3.05) is 18.6 Å². The lowest BCUT2D eigenvalue weighted by molar-refractivity contribution is 0.419. The van der Waals surface area contributed by atoms with Crippen LogP contribution < -0.4 is 5.32 Å². The number of thioether (sulfide) groups is 2. The molecule has 0 radical (unpaired) electrons. The van der Waals surface area contributed by atoms with Crippen LogP contribution in [0.5, 0.6) is 0 Å². The number of hydrogen-bond acceptors (Lipinski definition) is 3. The van der Waals surface area contributed by atoms with Crippen molar-refractivity contribution in [1.29, 1.82) is 0 Å². The molecule has 1 nitrogen and oxygen atoms in total. The summed E-state index contributed by atoms with van der Waals surface area (Å²) in [7, 11) is 2.12. The van der Waals surface area contributed by atoms with Crippen LogP contribution >= 0.6 is 23.5 Å². The Kier molecular flexibility index (Phi) is 5.00. The highest BCUT2D eigenvalue weighted by atomic mass is 32.2. The SMILES string of the molecule is CNC(c1cccc(C2CCC2)c1)C1SCCSC1C. The van der Waals surface area contributed by atoms with E-state index in [1.54, 1.807) is 5.56 Å². The zero-order chi connectivity index (χ0) is 13.9. The van der Waals surface area contributed by atoms with Gasteiger partial charge < -0.3 is 5.32 Å². The van der Waals surface area contributed by atoms with E-state index < -0.39 is 0 Å². The first-order valence-electron chi connectivity index (χ1n) is 7.80. The van der Waals surface area contributed by atoms with E-state index in [-0.39, 0.29) is 0 Å². The summed E-state index contributed by atoms with van der Waals surface area (Å²) in [6, 6.07) is 9.86. The molecule has 1 aromatic carbocycles. The lowest BCUT2D eigenvalue weighted by Crippen LogP contribution is -2.36. The molecule has 1 saturated heterocycles. The van der Waals surface area contributed by atoms with Gasteiger partial charge in [0.2, 0.25) is 0 Å². The molecule has 0 amide bonds. The van der Waals surface area contributed by atoms with Gasteiger partial charge in [0.25, 0.3) is 0 Å². The highest BCUT2D eigenvalue weighted by molar-refractivity contribution is 8.07. The molecule has 1 saturated carbocycles. The molecule has 0 bridgehead atoms. The zero-order valence-corrected chi connectivity index (χ0v) is 14.1. The summed E-state index contributed by atoms with van der Waals surface area (Å²) < 4.78 is 0. The van der Waals surface area contributed by atoms with Crippen molar-refractivity contribution < 1.29 is 0 Å². The number of benzene rings is 1. The summed E-state index contributed by atoms with van der Waals surface area (Å²) in [5, 5.41) is 5.01. The molecule has 3 atom stereocenters. The van der Waals surface area contributed by atoms with Crippen LogP contribution in [0.3, 0.4) is 0 Å². The van der Waals surface area contributed by atoms with Crippen molar-refractivity contribution in [2.24, 2.45) is 0 Å². The lowest BCUT2D eigenvalue weighted by Gasteiger charge is -2.35. The molecule has 20 heavy (non-hydrogen) atoms. The predicted molar refractivity (Wildman–Crippen MR) is 93.0 cm³/mol. The molecule has 2 aliphatic rings. The summed E-state index contributed by atoms with van der Waals surface area (Å²) in [6.07, 6.45) is 4.19. The summed E-state index contributed by atoms with van der Waals surface area (Å²) in [6.45, 7) is 2.39. The average molecular weight is 308 g/mol. The summed E-state index contributed by atoms with van der Waals surface area (Å²) >= 11 is 4.28. The Bertz CT molecular complexity index is 444. The molecule has 3 heteroatoms. The summed E-state index contributed by atoms with van der Waals surface area (Å²) in [4.78, 5) is 0. The van der Waals surface area contributed by atoms with Crippen LogP contribution in [0, 0.1) is 0 Å². The molecule has 1 N–H and O–H groups in total. The van der Waals surface area contributed by atoms with Gasteiger partial charge in [-0.15, -0.1) is 0 Å². The first kappa shape index (κ1) is 14.8. The van der Waals surface area contributed by atoms with Gasteiger partial charge in [-0.1, -0.05) is 37.6 Å². The fourth-order valence-electron chi connectivity index (χ4n) is 3.28. The normalized spacial score (nSPS) is 28.9. The van der Waals surface area contributed by atoms with Gasteiger partial charge in [0.1, 0.15) is 0 Å². The maximum atomic E-state index is 3.59. The minimum Gasteiger partial charge on any atom is -0.312 e. The van der Waals surface area contributed by atoms with Crippen LogP contribution in [0.25, 0.3) is 0 Å². The van der Waals surface area contributed by atoms with Crippen LogP contribution in [-0.4, -0.2) is 29.1 Å². The monoisotopic (exact) mass is 307 g/mol. The van der Waals surface area contributed by atoms with Gasteiger partial charge in [0.05, 0.1) is 0 Å². The van der Waals surface area contributed by atoms with Gasteiger partial charge in [-0.05, 0) is 36.9 Å². The van der Waals surface area contributed by atoms with Crippen LogP contribution in [0.15, 0.2) is 24.3 Å². The minimum atomic E-state index is 0.489. The van der Waals surface area contributed by atoms with Crippen molar-refractivity contribution in [3.8, 4) is 0 Å². The average Bonchev–Trinajstić information content (AvgIpc) is 2.40. The molecule has 1 aliphatic carbocycles. The minimum absolute atomic E-state index is 0.489. The van der Waals surface area contributed by atoms with E-state index in [0.717, 1.165) is 11.2 Å². The van der Waals surface area contributed by atoms with Gasteiger partial charge in [-0.25, -0.2) is 0 Å². The first-order chi connectivity index (χ1) is 9.79. The fraction of sp³-hybridized carbons (Fsp3) is 0.647. The second kappa shape index (κ2) is 6.76. The Morgan fingerprint density at radius 3 is 2.65 bits per heavy atom. The van der Waals surface area contributed by atoms with E-state index in [1.807, 2.05) is 0 Å². The van der Waals surface area contributed by atoms with Crippen molar-refractivity contribution in [3.05, 3.63) is 35.4 Å². The largest absolute Gasteiger partial charge is 0.312 e. The number of rotatable bonds is 4. The van der Waals surface area contributed by atoms with Crippen LogP contribution in [0.1, 0.15) is 49.3 Å². The molecule has 3 rings (SSSR count). The van der Waals surface area contributed by atoms with Gasteiger partial charge in [0.15, 0.2) is 0 Å². The Hall–Kier alpha value is -0.120. The number of nitrogens with one attached hydrogen (secondary N) is 1. The molecule has 0 spiro atoms. The van der Waals surface area contributed by atoms with Crippen molar-refractivity contribution >= 4 is 23.5 Å². The van der Waals surface area contributed by atoms with Gasteiger partial charge in [-0.3, -0.25) is 0 Å². The topological polar surface area (TPSA) is 12.0 Å². The third-order valence-corrected chi connectivity index (χ3v) is 7.92. The Balaban J connectivity index is 1.80. The van der Waals surface area contributed by atoms with E-state index in [2.05, 4.69) is 67.1 Å². The fourth-order valence-corrected chi connectivity index (χ4v) is 6.27. The Morgan fingerprint density at radius 2 is 2.00 bits per heavy atom. The molecule has 110 valence electrons. The van der Waals surface area contributed by atoms with E-state index in [4.69, 9.17) is 0 Å². The molecule has 3 unspecified atom stereocenters. The molecule has 2 fully saturated rings. The summed E-state index contributed by atoms with van der Waals surface area (Å²) in [5.74, 6) is 3.43. The van der Waals surface area contributed by atoms with Crippen molar-refractivity contribution in [2.45, 2.75) is 48.6 Å². The molecular formula is C17H25NS2. The number of hydrogen-bond donors (Lipinski definition) is 1. The van der Waals surface area contributed by atoms with Crippen molar-refractivity contribution in [3.63, 3.8) is 0 Å². The standard InChI is InChI=1S/C17H25NS2/c1-12-17(20-10-9-19-12)16(18-2)15-8-4-7-14(11-15)13-5-3-6-13/h4,7-8,11-13,16-18H,3,5-6,9-10H2,1-2H3. The van der Waals surface area contributed by atoms with Crippen LogP contribution in [0.4, 0.5) is 0 Å². The predicted octanol–water partition coefficient (Wildman–Crippen LogP) is 4.45. The second-order valence-electron chi connectivity index (χ2n) is 5.98. The van der Waals surface area contributed by atoms with E-state index >= 15 is 0 Å².